The highest BCUT2D eigenvalue weighted by Gasteiger charge is 2.25. The Labute approximate surface area is 147 Å². The van der Waals surface area contributed by atoms with Gasteiger partial charge in [0.1, 0.15) is 0 Å². The van der Waals surface area contributed by atoms with Crippen LogP contribution in [0.4, 0.5) is 0 Å². The van der Waals surface area contributed by atoms with Gasteiger partial charge < -0.3 is 9.64 Å². The number of likely N-dealkylation sites (tertiary alicyclic amines) is 1. The predicted octanol–water partition coefficient (Wildman–Crippen LogP) is 3.62. The second kappa shape index (κ2) is 8.31. The van der Waals surface area contributed by atoms with E-state index in [1.54, 1.807) is 18.0 Å². The molecule has 4 nitrogen and oxygen atoms in total. The lowest BCUT2D eigenvalue weighted by Gasteiger charge is -2.32. The topological polar surface area (TPSA) is 42.4 Å². The summed E-state index contributed by atoms with van der Waals surface area (Å²) in [5.41, 5.74) is 1.67. The first kappa shape index (κ1) is 17.0. The van der Waals surface area contributed by atoms with Crippen molar-refractivity contribution in [2.75, 3.05) is 19.3 Å². The van der Waals surface area contributed by atoms with Gasteiger partial charge in [-0.2, -0.15) is 0 Å². The molecule has 0 aliphatic carbocycles. The molecule has 126 valence electrons. The molecule has 1 aromatic heterocycles. The smallest absolute Gasteiger partial charge is 0.253 e. The van der Waals surface area contributed by atoms with Gasteiger partial charge in [0.15, 0.2) is 0 Å². The van der Waals surface area contributed by atoms with Crippen LogP contribution < -0.4 is 0 Å². The minimum Gasteiger partial charge on any atom is -0.370 e. The van der Waals surface area contributed by atoms with E-state index in [-0.39, 0.29) is 12.0 Å². The molecular weight excluding hydrogens is 320 g/mol. The molecule has 2 heterocycles. The third kappa shape index (κ3) is 4.36. The fourth-order valence-electron chi connectivity index (χ4n) is 2.86. The number of amides is 1. The third-order valence-corrected chi connectivity index (χ3v) is 4.94. The Hall–Kier alpha value is -1.85. The predicted molar refractivity (Wildman–Crippen MR) is 96.2 cm³/mol. The summed E-state index contributed by atoms with van der Waals surface area (Å²) in [7, 11) is 0. The zero-order chi connectivity index (χ0) is 16.8. The van der Waals surface area contributed by atoms with Crippen LogP contribution in [0.5, 0.6) is 0 Å². The third-order valence-electron chi connectivity index (χ3n) is 4.20. The molecule has 5 heteroatoms. The molecule has 1 aliphatic rings. The molecule has 0 radical (unpaired) electrons. The number of ether oxygens (including phenoxy) is 1. The van der Waals surface area contributed by atoms with Crippen LogP contribution in [0.3, 0.4) is 0 Å². The van der Waals surface area contributed by atoms with Crippen LogP contribution in [0.2, 0.25) is 0 Å². The molecule has 24 heavy (non-hydrogen) atoms. The largest absolute Gasteiger partial charge is 0.370 e. The lowest BCUT2D eigenvalue weighted by molar-refractivity contribution is -0.00785. The summed E-state index contributed by atoms with van der Waals surface area (Å²) in [5, 5.41) is 0. The molecular formula is C19H22N2O2S. The van der Waals surface area contributed by atoms with Crippen LogP contribution in [0, 0.1) is 0 Å². The van der Waals surface area contributed by atoms with Crippen molar-refractivity contribution in [1.29, 1.82) is 0 Å². The van der Waals surface area contributed by atoms with E-state index in [0.29, 0.717) is 13.2 Å². The number of carbonyl (C=O) groups is 1. The number of carbonyl (C=O) groups excluding carboxylic acids is 1. The summed E-state index contributed by atoms with van der Waals surface area (Å²) in [6.07, 6.45) is 5.84. The molecule has 1 unspecified atom stereocenters. The van der Waals surface area contributed by atoms with Crippen molar-refractivity contribution in [3.05, 3.63) is 59.9 Å². The highest BCUT2D eigenvalue weighted by atomic mass is 32.2. The summed E-state index contributed by atoms with van der Waals surface area (Å²) in [6.45, 7) is 1.94. The fraction of sp³-hybridized carbons (Fsp3) is 0.368. The van der Waals surface area contributed by atoms with Crippen LogP contribution in [0.25, 0.3) is 0 Å². The average molecular weight is 342 g/mol. The molecule has 1 aromatic carbocycles. The number of piperidine rings is 1. The summed E-state index contributed by atoms with van der Waals surface area (Å²) < 4.78 is 5.96. The van der Waals surface area contributed by atoms with Crippen molar-refractivity contribution >= 4 is 17.7 Å². The van der Waals surface area contributed by atoms with E-state index in [9.17, 15) is 4.79 Å². The number of nitrogens with zero attached hydrogens (tertiary/aromatic N) is 2. The standard InChI is InChI=1S/C19H22N2O2S/c1-24-18-9-7-15(8-10-18)19(22)21-12-4-6-17(13-21)23-14-16-5-2-3-11-20-16/h2-3,5,7-11,17H,4,6,12-14H2,1H3. The van der Waals surface area contributed by atoms with Crippen molar-refractivity contribution in [2.45, 2.75) is 30.4 Å². The molecule has 0 bridgehead atoms. The number of benzene rings is 1. The van der Waals surface area contributed by atoms with Crippen LogP contribution in [0.15, 0.2) is 53.6 Å². The van der Waals surface area contributed by atoms with Crippen molar-refractivity contribution in [3.8, 4) is 0 Å². The summed E-state index contributed by atoms with van der Waals surface area (Å²) >= 11 is 1.68. The van der Waals surface area contributed by atoms with E-state index in [0.717, 1.165) is 30.6 Å². The Morgan fingerprint density at radius 2 is 2.12 bits per heavy atom. The Balaban J connectivity index is 1.57. The van der Waals surface area contributed by atoms with Crippen molar-refractivity contribution in [2.24, 2.45) is 0 Å². The van der Waals surface area contributed by atoms with Crippen LogP contribution in [0.1, 0.15) is 28.9 Å². The first-order valence-electron chi connectivity index (χ1n) is 8.21. The number of hydrogen-bond donors (Lipinski definition) is 0. The van der Waals surface area contributed by atoms with Gasteiger partial charge in [0.25, 0.3) is 5.91 Å². The SMILES string of the molecule is CSc1ccc(C(=O)N2CCCC(OCc3ccccn3)C2)cc1. The first-order chi connectivity index (χ1) is 11.8. The molecule has 0 saturated carbocycles. The van der Waals surface area contributed by atoms with Crippen LogP contribution >= 0.6 is 11.8 Å². The maximum absolute atomic E-state index is 12.7. The van der Waals surface area contributed by atoms with E-state index in [2.05, 4.69) is 4.98 Å². The normalized spacial score (nSPS) is 17.7. The van der Waals surface area contributed by atoms with E-state index < -0.39 is 0 Å². The van der Waals surface area contributed by atoms with Crippen molar-refractivity contribution in [3.63, 3.8) is 0 Å². The van der Waals surface area contributed by atoms with Gasteiger partial charge in [-0.05, 0) is 55.5 Å². The van der Waals surface area contributed by atoms with Crippen molar-refractivity contribution < 1.29 is 9.53 Å². The Bertz CT molecular complexity index is 661. The van der Waals surface area contributed by atoms with E-state index >= 15 is 0 Å². The van der Waals surface area contributed by atoms with Gasteiger partial charge in [-0.15, -0.1) is 11.8 Å². The zero-order valence-corrected chi connectivity index (χ0v) is 14.7. The summed E-state index contributed by atoms with van der Waals surface area (Å²) in [6, 6.07) is 13.6. The first-order valence-corrected chi connectivity index (χ1v) is 9.43. The Kier molecular flexibility index (Phi) is 5.88. The van der Waals surface area contributed by atoms with Gasteiger partial charge >= 0.3 is 0 Å². The fourth-order valence-corrected chi connectivity index (χ4v) is 3.27. The van der Waals surface area contributed by atoms with Crippen LogP contribution in [-0.4, -0.2) is 41.2 Å². The zero-order valence-electron chi connectivity index (χ0n) is 13.9. The van der Waals surface area contributed by atoms with E-state index in [4.69, 9.17) is 4.74 Å². The number of aromatic nitrogens is 1. The van der Waals surface area contributed by atoms with Gasteiger partial charge in [0, 0.05) is 29.7 Å². The lowest BCUT2D eigenvalue weighted by Crippen LogP contribution is -2.43. The lowest BCUT2D eigenvalue weighted by atomic mass is 10.1. The van der Waals surface area contributed by atoms with Crippen LogP contribution in [-0.2, 0) is 11.3 Å². The number of rotatable bonds is 5. The molecule has 0 spiro atoms. The number of hydrogen-bond acceptors (Lipinski definition) is 4. The maximum Gasteiger partial charge on any atom is 0.253 e. The molecule has 1 saturated heterocycles. The Morgan fingerprint density at radius 1 is 1.29 bits per heavy atom. The highest BCUT2D eigenvalue weighted by molar-refractivity contribution is 7.98. The summed E-state index contributed by atoms with van der Waals surface area (Å²) in [5.74, 6) is 0.0915. The maximum atomic E-state index is 12.7. The van der Waals surface area contributed by atoms with Gasteiger partial charge in [-0.25, -0.2) is 0 Å². The molecule has 1 fully saturated rings. The van der Waals surface area contributed by atoms with Gasteiger partial charge in [-0.1, -0.05) is 6.07 Å². The molecule has 2 aromatic rings. The minimum atomic E-state index is 0.0789. The molecule has 1 atom stereocenters. The monoisotopic (exact) mass is 342 g/mol. The highest BCUT2D eigenvalue weighted by Crippen LogP contribution is 2.19. The molecule has 1 amide bonds. The average Bonchev–Trinajstić information content (AvgIpc) is 2.67. The minimum absolute atomic E-state index is 0.0789. The number of thioether (sulfide) groups is 1. The van der Waals surface area contributed by atoms with Gasteiger partial charge in [0.2, 0.25) is 0 Å². The summed E-state index contributed by atoms with van der Waals surface area (Å²) in [4.78, 5) is 20.0. The Morgan fingerprint density at radius 3 is 2.83 bits per heavy atom. The van der Waals surface area contributed by atoms with Gasteiger partial charge in [0.05, 0.1) is 18.4 Å². The quantitative estimate of drug-likeness (QED) is 0.778. The molecule has 0 N–H and O–H groups in total. The molecule has 3 rings (SSSR count). The van der Waals surface area contributed by atoms with E-state index in [1.807, 2.05) is 53.6 Å². The molecule has 1 aliphatic heterocycles. The number of pyridine rings is 1. The van der Waals surface area contributed by atoms with Gasteiger partial charge in [-0.3, -0.25) is 9.78 Å². The second-order valence-electron chi connectivity index (χ2n) is 5.88. The van der Waals surface area contributed by atoms with E-state index in [1.165, 1.54) is 4.90 Å². The second-order valence-corrected chi connectivity index (χ2v) is 6.76. The van der Waals surface area contributed by atoms with Crippen molar-refractivity contribution in [1.82, 2.24) is 9.88 Å².